The van der Waals surface area contributed by atoms with Crippen molar-refractivity contribution < 1.29 is 28.3 Å². The predicted molar refractivity (Wildman–Crippen MR) is 164 cm³/mol. The Bertz CT molecular complexity index is 1890. The van der Waals surface area contributed by atoms with Crippen molar-refractivity contribution in [3.05, 3.63) is 117 Å². The van der Waals surface area contributed by atoms with E-state index in [4.69, 9.17) is 19.6 Å². The third kappa shape index (κ3) is 6.96. The Hall–Kier alpha value is -5.84. The van der Waals surface area contributed by atoms with E-state index in [1.165, 1.54) is 31.3 Å². The normalized spacial score (nSPS) is 14.1. The molecule has 0 aliphatic carbocycles. The molecule has 5 rings (SSSR count). The fraction of sp³-hybridized carbons (Fsp3) is 0.152. The van der Waals surface area contributed by atoms with Crippen molar-refractivity contribution in [2.24, 2.45) is 15.7 Å². The van der Waals surface area contributed by atoms with Gasteiger partial charge in [0.1, 0.15) is 29.7 Å². The molecule has 1 aliphatic heterocycles. The summed E-state index contributed by atoms with van der Waals surface area (Å²) in [4.78, 5) is 60.3. The van der Waals surface area contributed by atoms with Crippen LogP contribution in [0.15, 0.2) is 104 Å². The van der Waals surface area contributed by atoms with Gasteiger partial charge in [-0.3, -0.25) is 9.59 Å². The van der Waals surface area contributed by atoms with Gasteiger partial charge in [0, 0.05) is 24.1 Å². The van der Waals surface area contributed by atoms with Crippen molar-refractivity contribution in [2.75, 3.05) is 0 Å². The first-order chi connectivity index (χ1) is 21.2. The summed E-state index contributed by atoms with van der Waals surface area (Å²) in [6.45, 7) is 2.91. The number of guanidine groups is 1. The van der Waals surface area contributed by atoms with E-state index in [1.54, 1.807) is 6.92 Å². The first-order valence-electron chi connectivity index (χ1n) is 13.6. The van der Waals surface area contributed by atoms with Gasteiger partial charge in [-0.25, -0.2) is 19.6 Å². The molecule has 11 nitrogen and oxygen atoms in total. The van der Waals surface area contributed by atoms with Gasteiger partial charge >= 0.3 is 12.1 Å². The number of nitrogens with one attached hydrogen (secondary N) is 1. The molecule has 11 heteroatoms. The molecule has 0 saturated carbocycles. The predicted octanol–water partition coefficient (Wildman–Crippen LogP) is 4.24. The summed E-state index contributed by atoms with van der Waals surface area (Å²) in [5.41, 5.74) is 7.22. The third-order valence-electron chi connectivity index (χ3n) is 6.65. The molecule has 0 radical (unpaired) electrons. The zero-order chi connectivity index (χ0) is 31.2. The number of fused-ring (bicyclic) bond motifs is 1. The van der Waals surface area contributed by atoms with Gasteiger partial charge in [-0.15, -0.1) is 0 Å². The highest BCUT2D eigenvalue weighted by Crippen LogP contribution is 2.32. The second-order valence-electron chi connectivity index (χ2n) is 9.98. The number of carbonyl (C=O) groups excluding carboxylic acids is 3. The van der Waals surface area contributed by atoms with Crippen molar-refractivity contribution in [1.82, 2.24) is 5.32 Å². The third-order valence-corrected chi connectivity index (χ3v) is 6.65. The molecule has 222 valence electrons. The van der Waals surface area contributed by atoms with Crippen LogP contribution in [0.5, 0.6) is 5.75 Å². The number of esters is 1. The maximum atomic E-state index is 13.6. The second-order valence-corrected chi connectivity index (χ2v) is 9.98. The summed E-state index contributed by atoms with van der Waals surface area (Å²) in [6.07, 6.45) is 0.599. The molecular weight excluding hydrogens is 564 g/mol. The summed E-state index contributed by atoms with van der Waals surface area (Å²) in [5, 5.41) is 2.68. The summed E-state index contributed by atoms with van der Waals surface area (Å²) in [6, 6.07) is 21.1. The standard InChI is InChI=1S/C33H28N4O7/c1-19-13-27(39)30-24(29(20(2)38)26-17-35-32(34)36-26)15-23(16-28(30)43-19)44-31(40)25(14-21-9-5-3-6-10-21)37-33(41)42-18-22-11-7-4-8-12-22/h3-13,15-17,25H,14,18H2,1-2H3,(H2,34,36)(H,37,41)/b29-26-. The minimum absolute atomic E-state index is 0.00495. The summed E-state index contributed by atoms with van der Waals surface area (Å²) in [5.74, 6) is -1.02. The molecule has 0 saturated heterocycles. The molecule has 1 aromatic heterocycles. The van der Waals surface area contributed by atoms with Crippen molar-refractivity contribution >= 4 is 46.6 Å². The van der Waals surface area contributed by atoms with Gasteiger partial charge in [-0.1, -0.05) is 60.7 Å². The number of nitrogens with two attached hydrogens (primary N) is 1. The number of aliphatic imine (C=N–C) groups is 2. The lowest BCUT2D eigenvalue weighted by molar-refractivity contribution is -0.136. The van der Waals surface area contributed by atoms with Crippen molar-refractivity contribution in [1.29, 1.82) is 0 Å². The van der Waals surface area contributed by atoms with Crippen LogP contribution >= 0.6 is 0 Å². The van der Waals surface area contributed by atoms with E-state index >= 15 is 0 Å². The number of amides is 1. The zero-order valence-corrected chi connectivity index (χ0v) is 23.9. The molecule has 1 unspecified atom stereocenters. The molecule has 0 spiro atoms. The molecule has 2 heterocycles. The number of ketones is 1. The number of ether oxygens (including phenoxy) is 2. The summed E-state index contributed by atoms with van der Waals surface area (Å²) >= 11 is 0. The number of hydrogen-bond acceptors (Lipinski definition) is 10. The summed E-state index contributed by atoms with van der Waals surface area (Å²) in [7, 11) is 0. The van der Waals surface area contributed by atoms with E-state index in [-0.39, 0.29) is 52.5 Å². The molecule has 3 aromatic carbocycles. The number of alkyl carbamates (subject to hydrolysis) is 1. The minimum Gasteiger partial charge on any atom is -0.461 e. The highest BCUT2D eigenvalue weighted by atomic mass is 16.6. The Morgan fingerprint density at radius 3 is 2.30 bits per heavy atom. The average Bonchev–Trinajstić information content (AvgIpc) is 3.41. The van der Waals surface area contributed by atoms with E-state index in [1.807, 2.05) is 60.7 Å². The maximum Gasteiger partial charge on any atom is 0.408 e. The van der Waals surface area contributed by atoms with Crippen LogP contribution in [-0.2, 0) is 27.4 Å². The van der Waals surface area contributed by atoms with Crippen LogP contribution in [0.1, 0.15) is 29.4 Å². The highest BCUT2D eigenvalue weighted by molar-refractivity contribution is 6.28. The largest absolute Gasteiger partial charge is 0.461 e. The first kappa shape index (κ1) is 29.6. The number of aryl methyl sites for hydroxylation is 1. The molecule has 0 bridgehead atoms. The van der Waals surface area contributed by atoms with Gasteiger partial charge in [0.25, 0.3) is 0 Å². The van der Waals surface area contributed by atoms with Gasteiger partial charge in [0.15, 0.2) is 11.2 Å². The molecule has 1 amide bonds. The molecule has 44 heavy (non-hydrogen) atoms. The van der Waals surface area contributed by atoms with Gasteiger partial charge in [-0.05, 0) is 31.0 Å². The second kappa shape index (κ2) is 13.0. The van der Waals surface area contributed by atoms with Crippen LogP contribution in [0.2, 0.25) is 0 Å². The maximum absolute atomic E-state index is 13.6. The Morgan fingerprint density at radius 1 is 0.977 bits per heavy atom. The molecule has 1 atom stereocenters. The van der Waals surface area contributed by atoms with Crippen LogP contribution < -0.4 is 21.2 Å². The lowest BCUT2D eigenvalue weighted by Crippen LogP contribution is -2.44. The monoisotopic (exact) mass is 592 g/mol. The van der Waals surface area contributed by atoms with E-state index in [0.29, 0.717) is 5.76 Å². The molecule has 4 aromatic rings. The number of carbonyl (C=O) groups is 3. The number of Topliss-reactive ketones (excluding diaryl/α,β-unsaturated/α-hetero) is 1. The fourth-order valence-corrected chi connectivity index (χ4v) is 4.71. The van der Waals surface area contributed by atoms with Crippen molar-refractivity contribution in [3.8, 4) is 5.75 Å². The van der Waals surface area contributed by atoms with Gasteiger partial charge < -0.3 is 24.9 Å². The Kier molecular flexibility index (Phi) is 8.75. The molecular formula is C33H28N4O7. The van der Waals surface area contributed by atoms with Crippen LogP contribution in [0, 0.1) is 6.92 Å². The van der Waals surface area contributed by atoms with Crippen LogP contribution in [0.4, 0.5) is 4.79 Å². The van der Waals surface area contributed by atoms with Gasteiger partial charge in [-0.2, -0.15) is 0 Å². The van der Waals surface area contributed by atoms with Crippen LogP contribution in [0.3, 0.4) is 0 Å². The van der Waals surface area contributed by atoms with E-state index in [0.717, 1.165) is 11.1 Å². The Morgan fingerprint density at radius 2 is 1.66 bits per heavy atom. The first-order valence-corrected chi connectivity index (χ1v) is 13.6. The molecule has 0 fully saturated rings. The van der Waals surface area contributed by atoms with Crippen molar-refractivity contribution in [3.63, 3.8) is 0 Å². The SMILES string of the molecule is CC(=O)/C(=C1\C=NC(N)=N1)c1cc(OC(=O)C(Cc2ccccc2)NC(=O)OCc2ccccc2)cc2oc(C)cc(=O)c12. The van der Waals surface area contributed by atoms with Crippen LogP contribution in [0.25, 0.3) is 16.5 Å². The van der Waals surface area contributed by atoms with Crippen LogP contribution in [-0.4, -0.2) is 36.1 Å². The van der Waals surface area contributed by atoms with Crippen molar-refractivity contribution in [2.45, 2.75) is 32.9 Å². The Labute approximate surface area is 251 Å². The minimum atomic E-state index is -1.15. The van der Waals surface area contributed by atoms with E-state index in [2.05, 4.69) is 15.3 Å². The smallest absolute Gasteiger partial charge is 0.408 e. The average molecular weight is 593 g/mol. The van der Waals surface area contributed by atoms with Gasteiger partial charge in [0.05, 0.1) is 22.9 Å². The fourth-order valence-electron chi connectivity index (χ4n) is 4.71. The number of nitrogens with zero attached hydrogens (tertiary/aromatic N) is 2. The Balaban J connectivity index is 1.50. The lowest BCUT2D eigenvalue weighted by Gasteiger charge is -2.18. The zero-order valence-electron chi connectivity index (χ0n) is 23.9. The summed E-state index contributed by atoms with van der Waals surface area (Å²) < 4.78 is 16.9. The number of hydrogen-bond donors (Lipinski definition) is 2. The van der Waals surface area contributed by atoms with E-state index < -0.39 is 29.3 Å². The highest BCUT2D eigenvalue weighted by Gasteiger charge is 2.27. The number of benzene rings is 3. The van der Waals surface area contributed by atoms with Gasteiger partial charge in [0.2, 0.25) is 5.96 Å². The molecule has 3 N–H and O–H groups in total. The molecule has 1 aliphatic rings. The number of allylic oxidation sites excluding steroid dienone is 2. The quantitative estimate of drug-likeness (QED) is 0.166. The lowest BCUT2D eigenvalue weighted by atomic mass is 9.96. The number of rotatable bonds is 9. The topological polar surface area (TPSA) is 163 Å². The van der Waals surface area contributed by atoms with E-state index in [9.17, 15) is 19.2 Å².